The second-order valence-corrected chi connectivity index (χ2v) is 5.78. The Morgan fingerprint density at radius 2 is 2.06 bits per heavy atom. The van der Waals surface area contributed by atoms with E-state index < -0.39 is 0 Å². The molecular formula is C13H25N3S. The molecule has 0 saturated carbocycles. The second-order valence-electron chi connectivity index (χ2n) is 4.69. The van der Waals surface area contributed by atoms with Crippen molar-refractivity contribution in [1.82, 2.24) is 10.3 Å². The Morgan fingerprint density at radius 3 is 2.59 bits per heavy atom. The average Bonchev–Trinajstić information content (AvgIpc) is 2.75. The summed E-state index contributed by atoms with van der Waals surface area (Å²) in [6.45, 7) is 13.0. The molecule has 1 heterocycles. The van der Waals surface area contributed by atoms with E-state index in [0.29, 0.717) is 12.1 Å². The maximum atomic E-state index is 4.54. The lowest BCUT2D eigenvalue weighted by molar-refractivity contribution is 0.593. The van der Waals surface area contributed by atoms with Crippen molar-refractivity contribution < 1.29 is 0 Å². The Morgan fingerprint density at radius 1 is 1.35 bits per heavy atom. The molecule has 0 aliphatic rings. The predicted octanol–water partition coefficient (Wildman–Crippen LogP) is 3.27. The fourth-order valence-corrected chi connectivity index (χ4v) is 2.70. The van der Waals surface area contributed by atoms with E-state index in [4.69, 9.17) is 0 Å². The predicted molar refractivity (Wildman–Crippen MR) is 76.9 cm³/mol. The van der Waals surface area contributed by atoms with Crippen LogP contribution in [0.5, 0.6) is 0 Å². The summed E-state index contributed by atoms with van der Waals surface area (Å²) in [5, 5.41) is 4.58. The summed E-state index contributed by atoms with van der Waals surface area (Å²) in [6.07, 6.45) is 3.16. The molecule has 0 radical (unpaired) electrons. The van der Waals surface area contributed by atoms with Gasteiger partial charge in [-0.3, -0.25) is 0 Å². The quantitative estimate of drug-likeness (QED) is 0.810. The average molecular weight is 255 g/mol. The first kappa shape index (κ1) is 14.5. The Hall–Kier alpha value is -0.610. The van der Waals surface area contributed by atoms with Crippen LogP contribution in [0, 0.1) is 0 Å². The lowest BCUT2D eigenvalue weighted by Gasteiger charge is -2.26. The van der Waals surface area contributed by atoms with Gasteiger partial charge in [-0.2, -0.15) is 0 Å². The van der Waals surface area contributed by atoms with Gasteiger partial charge in [0.15, 0.2) is 5.13 Å². The van der Waals surface area contributed by atoms with Gasteiger partial charge in [0, 0.05) is 36.2 Å². The summed E-state index contributed by atoms with van der Waals surface area (Å²) < 4.78 is 0. The molecule has 98 valence electrons. The van der Waals surface area contributed by atoms with Crippen molar-refractivity contribution in [1.29, 1.82) is 0 Å². The van der Waals surface area contributed by atoms with Gasteiger partial charge in [0.25, 0.3) is 0 Å². The standard InChI is InChI=1S/C13H25N3S/c1-6-11(5)16(7-2)13-15-9-12(17-13)8-14-10(3)4/h9-11,14H,6-8H2,1-5H3. The second kappa shape index (κ2) is 6.97. The molecule has 0 aliphatic heterocycles. The van der Waals surface area contributed by atoms with Crippen LogP contribution < -0.4 is 10.2 Å². The molecule has 1 aromatic heterocycles. The van der Waals surface area contributed by atoms with Gasteiger partial charge in [0.1, 0.15) is 0 Å². The zero-order valence-electron chi connectivity index (χ0n) is 11.7. The Bertz CT molecular complexity index is 322. The highest BCUT2D eigenvalue weighted by molar-refractivity contribution is 7.15. The molecule has 0 saturated heterocycles. The van der Waals surface area contributed by atoms with Crippen molar-refractivity contribution in [2.24, 2.45) is 0 Å². The van der Waals surface area contributed by atoms with Gasteiger partial charge in [0.2, 0.25) is 0 Å². The number of hydrogen-bond donors (Lipinski definition) is 1. The number of rotatable bonds is 7. The lowest BCUT2D eigenvalue weighted by atomic mass is 10.2. The van der Waals surface area contributed by atoms with Crippen LogP contribution >= 0.6 is 11.3 Å². The van der Waals surface area contributed by atoms with Gasteiger partial charge in [-0.25, -0.2) is 4.98 Å². The smallest absolute Gasteiger partial charge is 0.185 e. The largest absolute Gasteiger partial charge is 0.346 e. The van der Waals surface area contributed by atoms with E-state index in [0.717, 1.165) is 24.6 Å². The molecule has 1 N–H and O–H groups in total. The number of aromatic nitrogens is 1. The van der Waals surface area contributed by atoms with Crippen LogP contribution in [0.4, 0.5) is 5.13 Å². The fourth-order valence-electron chi connectivity index (χ4n) is 1.67. The molecule has 17 heavy (non-hydrogen) atoms. The van der Waals surface area contributed by atoms with Gasteiger partial charge in [-0.15, -0.1) is 11.3 Å². The van der Waals surface area contributed by atoms with Gasteiger partial charge in [0.05, 0.1) is 0 Å². The minimum atomic E-state index is 0.525. The van der Waals surface area contributed by atoms with Crippen LogP contribution in [-0.4, -0.2) is 23.6 Å². The molecule has 0 aliphatic carbocycles. The van der Waals surface area contributed by atoms with Crippen molar-refractivity contribution in [2.75, 3.05) is 11.4 Å². The van der Waals surface area contributed by atoms with Crippen molar-refractivity contribution in [3.8, 4) is 0 Å². The molecule has 0 bridgehead atoms. The Labute approximate surface area is 109 Å². The summed E-state index contributed by atoms with van der Waals surface area (Å²) in [5.41, 5.74) is 0. The van der Waals surface area contributed by atoms with Crippen molar-refractivity contribution in [3.05, 3.63) is 11.1 Å². The Kier molecular flexibility index (Phi) is 5.92. The van der Waals surface area contributed by atoms with Crippen molar-refractivity contribution in [2.45, 2.75) is 59.7 Å². The van der Waals surface area contributed by atoms with Gasteiger partial charge >= 0.3 is 0 Å². The highest BCUT2D eigenvalue weighted by Crippen LogP contribution is 2.24. The summed E-state index contributed by atoms with van der Waals surface area (Å²) in [6, 6.07) is 1.09. The number of anilines is 1. The molecule has 1 aromatic rings. The van der Waals surface area contributed by atoms with Crippen LogP contribution in [-0.2, 0) is 6.54 Å². The van der Waals surface area contributed by atoms with E-state index in [2.05, 4.69) is 49.8 Å². The minimum absolute atomic E-state index is 0.525. The first-order valence-electron chi connectivity index (χ1n) is 6.53. The van der Waals surface area contributed by atoms with Crippen LogP contribution in [0.3, 0.4) is 0 Å². The number of nitrogens with one attached hydrogen (secondary N) is 1. The summed E-state index contributed by atoms with van der Waals surface area (Å²) in [5.74, 6) is 0. The van der Waals surface area contributed by atoms with E-state index in [1.807, 2.05) is 6.20 Å². The highest BCUT2D eigenvalue weighted by Gasteiger charge is 2.14. The summed E-state index contributed by atoms with van der Waals surface area (Å²) >= 11 is 1.80. The molecule has 1 atom stereocenters. The van der Waals surface area contributed by atoms with Crippen LogP contribution in [0.2, 0.25) is 0 Å². The zero-order chi connectivity index (χ0) is 12.8. The maximum Gasteiger partial charge on any atom is 0.185 e. The first-order chi connectivity index (χ1) is 8.08. The van der Waals surface area contributed by atoms with E-state index in [1.54, 1.807) is 11.3 Å². The Balaban J connectivity index is 2.65. The number of hydrogen-bond acceptors (Lipinski definition) is 4. The maximum absolute atomic E-state index is 4.54. The molecule has 0 aromatic carbocycles. The summed E-state index contributed by atoms with van der Waals surface area (Å²) in [7, 11) is 0. The van der Waals surface area contributed by atoms with Crippen LogP contribution in [0.15, 0.2) is 6.20 Å². The molecule has 1 rings (SSSR count). The topological polar surface area (TPSA) is 28.2 Å². The van der Waals surface area contributed by atoms with Gasteiger partial charge < -0.3 is 10.2 Å². The first-order valence-corrected chi connectivity index (χ1v) is 7.34. The SMILES string of the molecule is CCC(C)N(CC)c1ncc(CNC(C)C)s1. The van der Waals surface area contributed by atoms with Crippen molar-refractivity contribution >= 4 is 16.5 Å². The molecule has 0 spiro atoms. The van der Waals surface area contributed by atoms with E-state index in [-0.39, 0.29) is 0 Å². The minimum Gasteiger partial charge on any atom is -0.346 e. The normalized spacial score (nSPS) is 13.1. The zero-order valence-corrected chi connectivity index (χ0v) is 12.5. The fraction of sp³-hybridized carbons (Fsp3) is 0.769. The van der Waals surface area contributed by atoms with E-state index in [9.17, 15) is 0 Å². The van der Waals surface area contributed by atoms with E-state index in [1.165, 1.54) is 4.88 Å². The van der Waals surface area contributed by atoms with E-state index >= 15 is 0 Å². The molecule has 3 nitrogen and oxygen atoms in total. The van der Waals surface area contributed by atoms with Crippen LogP contribution in [0.25, 0.3) is 0 Å². The lowest BCUT2D eigenvalue weighted by Crippen LogP contribution is -2.32. The third-order valence-corrected chi connectivity index (χ3v) is 3.97. The number of nitrogens with zero attached hydrogens (tertiary/aromatic N) is 2. The highest BCUT2D eigenvalue weighted by atomic mass is 32.1. The van der Waals surface area contributed by atoms with Gasteiger partial charge in [-0.1, -0.05) is 20.8 Å². The third kappa shape index (κ3) is 4.28. The third-order valence-electron chi connectivity index (χ3n) is 2.94. The number of thiazole rings is 1. The van der Waals surface area contributed by atoms with Crippen molar-refractivity contribution in [3.63, 3.8) is 0 Å². The molecular weight excluding hydrogens is 230 g/mol. The molecule has 0 amide bonds. The van der Waals surface area contributed by atoms with Crippen LogP contribution in [0.1, 0.15) is 45.9 Å². The molecule has 4 heteroatoms. The summed E-state index contributed by atoms with van der Waals surface area (Å²) in [4.78, 5) is 8.23. The molecule has 1 unspecified atom stereocenters. The van der Waals surface area contributed by atoms with Gasteiger partial charge in [-0.05, 0) is 20.3 Å². The molecule has 0 fully saturated rings. The monoisotopic (exact) mass is 255 g/mol.